The summed E-state index contributed by atoms with van der Waals surface area (Å²) in [6, 6.07) is 0. The van der Waals surface area contributed by atoms with Crippen LogP contribution in [0.3, 0.4) is 0 Å². The number of aliphatic carboxylic acids is 1. The van der Waals surface area contributed by atoms with Gasteiger partial charge in [0, 0.05) is 0 Å². The molecule has 1 spiro atoms. The first-order valence-corrected chi connectivity index (χ1v) is 7.41. The zero-order chi connectivity index (χ0) is 15.0. The number of amides is 1. The van der Waals surface area contributed by atoms with E-state index < -0.39 is 23.2 Å². The number of ether oxygens (including phenoxy) is 1. The summed E-state index contributed by atoms with van der Waals surface area (Å²) in [5.41, 5.74) is -1.64. The van der Waals surface area contributed by atoms with Crippen molar-refractivity contribution < 1.29 is 19.4 Å². The highest BCUT2D eigenvalue weighted by molar-refractivity contribution is 5.84. The summed E-state index contributed by atoms with van der Waals surface area (Å²) >= 11 is 0. The van der Waals surface area contributed by atoms with E-state index in [2.05, 4.69) is 5.32 Å². The number of alkyl carbamates (subject to hydrolysis) is 1. The lowest BCUT2D eigenvalue weighted by molar-refractivity contribution is -0.150. The molecule has 2 saturated carbocycles. The van der Waals surface area contributed by atoms with Crippen molar-refractivity contribution in [3.8, 4) is 0 Å². The van der Waals surface area contributed by atoms with Gasteiger partial charge in [0.1, 0.15) is 11.1 Å². The number of carboxylic acid groups (broad SMARTS) is 1. The molecule has 2 aliphatic carbocycles. The minimum atomic E-state index is -1.15. The van der Waals surface area contributed by atoms with Gasteiger partial charge in [-0.3, -0.25) is 0 Å². The van der Waals surface area contributed by atoms with Gasteiger partial charge in [0.05, 0.1) is 0 Å². The summed E-state index contributed by atoms with van der Waals surface area (Å²) < 4.78 is 5.22. The summed E-state index contributed by atoms with van der Waals surface area (Å²) in [5, 5.41) is 12.3. The smallest absolute Gasteiger partial charge is 0.408 e. The van der Waals surface area contributed by atoms with E-state index in [1.807, 2.05) is 0 Å². The molecule has 1 amide bonds. The molecule has 0 aromatic rings. The Morgan fingerprint density at radius 2 is 1.65 bits per heavy atom. The molecule has 2 aliphatic rings. The molecule has 1 atom stereocenters. The van der Waals surface area contributed by atoms with Crippen LogP contribution in [0, 0.1) is 5.41 Å². The lowest BCUT2D eigenvalue weighted by Gasteiger charge is -2.51. The molecule has 20 heavy (non-hydrogen) atoms. The molecule has 0 aromatic carbocycles. The third-order valence-electron chi connectivity index (χ3n) is 4.55. The van der Waals surface area contributed by atoms with E-state index in [1.54, 1.807) is 20.8 Å². The minimum Gasteiger partial charge on any atom is -0.480 e. The van der Waals surface area contributed by atoms with Crippen LogP contribution in [0.25, 0.3) is 0 Å². The fraction of sp³-hybridized carbons (Fsp3) is 0.867. The lowest BCUT2D eigenvalue weighted by Crippen LogP contribution is -2.60. The van der Waals surface area contributed by atoms with Gasteiger partial charge in [0.2, 0.25) is 0 Å². The normalized spacial score (nSPS) is 28.6. The Balaban J connectivity index is 2.10. The molecule has 0 radical (unpaired) electrons. The largest absolute Gasteiger partial charge is 0.480 e. The molecular weight excluding hydrogens is 258 g/mol. The first-order chi connectivity index (χ1) is 9.17. The second kappa shape index (κ2) is 4.93. The summed E-state index contributed by atoms with van der Waals surface area (Å²) in [5.74, 6) is -0.936. The maximum atomic E-state index is 12.0. The summed E-state index contributed by atoms with van der Waals surface area (Å²) in [6.45, 7) is 5.32. The molecule has 2 fully saturated rings. The SMILES string of the molecule is CC(C)(C)OC(=O)NC1(C(=O)O)CCCC2(CCC2)C1. The van der Waals surface area contributed by atoms with Crippen LogP contribution in [0.15, 0.2) is 0 Å². The quantitative estimate of drug-likeness (QED) is 0.816. The number of rotatable bonds is 2. The van der Waals surface area contributed by atoms with Crippen molar-refractivity contribution >= 4 is 12.1 Å². The summed E-state index contributed by atoms with van der Waals surface area (Å²) in [6.07, 6.45) is 5.66. The van der Waals surface area contributed by atoms with Crippen molar-refractivity contribution in [2.45, 2.75) is 76.9 Å². The molecule has 0 heterocycles. The van der Waals surface area contributed by atoms with Crippen LogP contribution in [-0.2, 0) is 9.53 Å². The zero-order valence-corrected chi connectivity index (χ0v) is 12.6. The van der Waals surface area contributed by atoms with E-state index in [4.69, 9.17) is 4.74 Å². The third kappa shape index (κ3) is 3.07. The van der Waals surface area contributed by atoms with Crippen molar-refractivity contribution in [2.24, 2.45) is 5.41 Å². The van der Waals surface area contributed by atoms with E-state index in [0.717, 1.165) is 25.7 Å². The summed E-state index contributed by atoms with van der Waals surface area (Å²) in [4.78, 5) is 23.7. The van der Waals surface area contributed by atoms with E-state index in [9.17, 15) is 14.7 Å². The van der Waals surface area contributed by atoms with E-state index >= 15 is 0 Å². The highest BCUT2D eigenvalue weighted by Gasteiger charge is 2.52. The van der Waals surface area contributed by atoms with Crippen LogP contribution in [0.1, 0.15) is 65.7 Å². The average Bonchev–Trinajstić information content (AvgIpc) is 2.24. The van der Waals surface area contributed by atoms with Gasteiger partial charge in [-0.15, -0.1) is 0 Å². The molecule has 0 saturated heterocycles. The fourth-order valence-electron chi connectivity index (χ4n) is 3.53. The Morgan fingerprint density at radius 3 is 2.10 bits per heavy atom. The van der Waals surface area contributed by atoms with Gasteiger partial charge in [-0.05, 0) is 64.7 Å². The van der Waals surface area contributed by atoms with Crippen molar-refractivity contribution in [1.82, 2.24) is 5.32 Å². The number of hydrogen-bond donors (Lipinski definition) is 2. The van der Waals surface area contributed by atoms with Gasteiger partial charge in [0.25, 0.3) is 0 Å². The molecule has 114 valence electrons. The first-order valence-electron chi connectivity index (χ1n) is 7.41. The minimum absolute atomic E-state index is 0.131. The fourth-order valence-corrected chi connectivity index (χ4v) is 3.53. The van der Waals surface area contributed by atoms with Gasteiger partial charge in [-0.25, -0.2) is 9.59 Å². The van der Waals surface area contributed by atoms with Gasteiger partial charge >= 0.3 is 12.1 Å². The molecule has 1 unspecified atom stereocenters. The van der Waals surface area contributed by atoms with Crippen LogP contribution in [0.4, 0.5) is 4.79 Å². The van der Waals surface area contributed by atoms with Crippen molar-refractivity contribution in [3.05, 3.63) is 0 Å². The molecule has 0 aliphatic heterocycles. The van der Waals surface area contributed by atoms with Crippen molar-refractivity contribution in [3.63, 3.8) is 0 Å². The maximum Gasteiger partial charge on any atom is 0.408 e. The molecular formula is C15H25NO4. The van der Waals surface area contributed by atoms with Crippen LogP contribution in [-0.4, -0.2) is 28.3 Å². The average molecular weight is 283 g/mol. The Kier molecular flexibility index (Phi) is 3.73. The van der Waals surface area contributed by atoms with Crippen LogP contribution >= 0.6 is 0 Å². The third-order valence-corrected chi connectivity index (χ3v) is 4.55. The van der Waals surface area contributed by atoms with Gasteiger partial charge in [-0.2, -0.15) is 0 Å². The number of carbonyl (C=O) groups is 2. The van der Waals surface area contributed by atoms with Gasteiger partial charge < -0.3 is 15.2 Å². The summed E-state index contributed by atoms with van der Waals surface area (Å²) in [7, 11) is 0. The van der Waals surface area contributed by atoms with E-state index in [0.29, 0.717) is 12.8 Å². The Bertz CT molecular complexity index is 409. The highest BCUT2D eigenvalue weighted by atomic mass is 16.6. The zero-order valence-electron chi connectivity index (χ0n) is 12.6. The monoisotopic (exact) mass is 283 g/mol. The second-order valence-electron chi connectivity index (χ2n) is 7.40. The van der Waals surface area contributed by atoms with Crippen LogP contribution < -0.4 is 5.32 Å². The molecule has 5 nitrogen and oxygen atoms in total. The number of hydrogen-bond acceptors (Lipinski definition) is 3. The molecule has 0 bridgehead atoms. The molecule has 2 N–H and O–H groups in total. The molecule has 5 heteroatoms. The van der Waals surface area contributed by atoms with E-state index in [1.165, 1.54) is 6.42 Å². The van der Waals surface area contributed by atoms with Crippen molar-refractivity contribution in [2.75, 3.05) is 0 Å². The molecule has 2 rings (SSSR count). The predicted octanol–water partition coefficient (Wildman–Crippen LogP) is 3.08. The van der Waals surface area contributed by atoms with E-state index in [-0.39, 0.29) is 5.41 Å². The number of carboxylic acids is 1. The highest BCUT2D eigenvalue weighted by Crippen LogP contribution is 2.54. The maximum absolute atomic E-state index is 12.0. The first kappa shape index (κ1) is 15.1. The van der Waals surface area contributed by atoms with Gasteiger partial charge in [0.15, 0.2) is 0 Å². The lowest BCUT2D eigenvalue weighted by atomic mass is 9.56. The standard InChI is InChI=1S/C15H25NO4/c1-13(2,3)20-12(19)16-15(11(17)18)9-5-8-14(10-15)6-4-7-14/h4-10H2,1-3H3,(H,16,19)(H,17,18). The van der Waals surface area contributed by atoms with Crippen molar-refractivity contribution in [1.29, 1.82) is 0 Å². The predicted molar refractivity (Wildman–Crippen MR) is 74.5 cm³/mol. The van der Waals surface area contributed by atoms with Crippen LogP contribution in [0.2, 0.25) is 0 Å². The Labute approximate surface area is 120 Å². The topological polar surface area (TPSA) is 75.6 Å². The number of carbonyl (C=O) groups excluding carboxylic acids is 1. The Morgan fingerprint density at radius 1 is 1.10 bits per heavy atom. The number of nitrogens with one attached hydrogen (secondary N) is 1. The van der Waals surface area contributed by atoms with Crippen LogP contribution in [0.5, 0.6) is 0 Å². The molecule has 0 aromatic heterocycles. The Hall–Kier alpha value is -1.26. The van der Waals surface area contributed by atoms with Gasteiger partial charge in [-0.1, -0.05) is 6.42 Å². The second-order valence-corrected chi connectivity index (χ2v) is 7.40.